The molecule has 2 aliphatic rings. The van der Waals surface area contributed by atoms with Crippen molar-refractivity contribution in [2.45, 2.75) is 44.6 Å². The summed E-state index contributed by atoms with van der Waals surface area (Å²) in [6, 6.07) is 0. The minimum absolute atomic E-state index is 0.537. The van der Waals surface area contributed by atoms with Gasteiger partial charge in [0.15, 0.2) is 0 Å². The summed E-state index contributed by atoms with van der Waals surface area (Å²) >= 11 is 0. The molecule has 0 aromatic heterocycles. The van der Waals surface area contributed by atoms with E-state index in [2.05, 4.69) is 12.2 Å². The van der Waals surface area contributed by atoms with Gasteiger partial charge < -0.3 is 10.5 Å². The Kier molecular flexibility index (Phi) is 4.21. The molecule has 2 heteroatoms. The van der Waals surface area contributed by atoms with Crippen LogP contribution >= 0.6 is 0 Å². The highest BCUT2D eigenvalue weighted by molar-refractivity contribution is 5.10. The van der Waals surface area contributed by atoms with Gasteiger partial charge in [-0.05, 0) is 38.1 Å². The molecule has 2 rings (SSSR count). The SMILES string of the molecule is NCCCCCCOC1CC2C=CC1C2. The number of unbranched alkanes of at least 4 members (excludes halogenated alkanes) is 3. The Morgan fingerprint density at radius 2 is 1.93 bits per heavy atom. The summed E-state index contributed by atoms with van der Waals surface area (Å²) in [5.74, 6) is 1.57. The number of hydrogen-bond donors (Lipinski definition) is 1. The van der Waals surface area contributed by atoms with Gasteiger partial charge in [-0.25, -0.2) is 0 Å². The second kappa shape index (κ2) is 5.66. The minimum Gasteiger partial charge on any atom is -0.378 e. The molecule has 0 heterocycles. The van der Waals surface area contributed by atoms with Gasteiger partial charge >= 0.3 is 0 Å². The Bertz CT molecular complexity index is 215. The van der Waals surface area contributed by atoms with Crippen LogP contribution in [0, 0.1) is 11.8 Å². The third-order valence-corrected chi connectivity index (χ3v) is 3.65. The third kappa shape index (κ3) is 3.05. The van der Waals surface area contributed by atoms with Gasteiger partial charge in [-0.15, -0.1) is 0 Å². The summed E-state index contributed by atoms with van der Waals surface area (Å²) < 4.78 is 5.93. The van der Waals surface area contributed by atoms with Crippen molar-refractivity contribution in [3.8, 4) is 0 Å². The van der Waals surface area contributed by atoms with E-state index in [-0.39, 0.29) is 0 Å². The predicted octanol–water partition coefficient (Wildman–Crippen LogP) is 2.49. The van der Waals surface area contributed by atoms with Gasteiger partial charge in [0.05, 0.1) is 6.10 Å². The fourth-order valence-corrected chi connectivity index (χ4v) is 2.76. The number of hydrogen-bond acceptors (Lipinski definition) is 2. The molecule has 2 nitrogen and oxygen atoms in total. The maximum Gasteiger partial charge on any atom is 0.0643 e. The van der Waals surface area contributed by atoms with E-state index in [4.69, 9.17) is 10.5 Å². The van der Waals surface area contributed by atoms with Crippen LogP contribution in [-0.4, -0.2) is 19.3 Å². The minimum atomic E-state index is 0.537. The van der Waals surface area contributed by atoms with Crippen LogP contribution < -0.4 is 5.73 Å². The van der Waals surface area contributed by atoms with Crippen molar-refractivity contribution in [2.75, 3.05) is 13.2 Å². The van der Waals surface area contributed by atoms with E-state index in [0.717, 1.165) is 31.4 Å². The van der Waals surface area contributed by atoms with Crippen LogP contribution in [-0.2, 0) is 4.74 Å². The van der Waals surface area contributed by atoms with Crippen LogP contribution in [0.5, 0.6) is 0 Å². The van der Waals surface area contributed by atoms with Gasteiger partial charge in [-0.2, -0.15) is 0 Å². The van der Waals surface area contributed by atoms with E-state index in [0.29, 0.717) is 6.10 Å². The molecule has 0 aromatic rings. The molecule has 2 bridgehead atoms. The molecule has 0 saturated heterocycles. The lowest BCUT2D eigenvalue weighted by atomic mass is 10.0. The van der Waals surface area contributed by atoms with Crippen LogP contribution in [0.2, 0.25) is 0 Å². The molecule has 3 atom stereocenters. The topological polar surface area (TPSA) is 35.2 Å². The molecule has 0 aromatic carbocycles. The zero-order chi connectivity index (χ0) is 10.5. The van der Waals surface area contributed by atoms with E-state index < -0.39 is 0 Å². The van der Waals surface area contributed by atoms with E-state index in [1.54, 1.807) is 0 Å². The summed E-state index contributed by atoms with van der Waals surface area (Å²) in [4.78, 5) is 0. The lowest BCUT2D eigenvalue weighted by Gasteiger charge is -2.18. The van der Waals surface area contributed by atoms with Crippen molar-refractivity contribution < 1.29 is 4.74 Å². The molecule has 86 valence electrons. The molecule has 0 aliphatic heterocycles. The van der Waals surface area contributed by atoms with Crippen molar-refractivity contribution in [3.63, 3.8) is 0 Å². The van der Waals surface area contributed by atoms with Crippen molar-refractivity contribution in [1.29, 1.82) is 0 Å². The van der Waals surface area contributed by atoms with Crippen LogP contribution in [0.1, 0.15) is 38.5 Å². The molecule has 0 radical (unpaired) electrons. The fourth-order valence-electron chi connectivity index (χ4n) is 2.76. The van der Waals surface area contributed by atoms with E-state index in [1.165, 1.54) is 32.1 Å². The van der Waals surface area contributed by atoms with Gasteiger partial charge in [-0.1, -0.05) is 25.0 Å². The Balaban J connectivity index is 1.50. The molecule has 3 unspecified atom stereocenters. The molecule has 1 saturated carbocycles. The number of ether oxygens (including phenoxy) is 1. The zero-order valence-corrected chi connectivity index (χ0v) is 9.53. The first-order valence-electron chi connectivity index (χ1n) is 6.40. The van der Waals surface area contributed by atoms with Crippen LogP contribution in [0.15, 0.2) is 12.2 Å². The highest BCUT2D eigenvalue weighted by Gasteiger charge is 2.35. The molecule has 15 heavy (non-hydrogen) atoms. The van der Waals surface area contributed by atoms with E-state index in [1.807, 2.05) is 0 Å². The van der Waals surface area contributed by atoms with Crippen molar-refractivity contribution in [2.24, 2.45) is 17.6 Å². The lowest BCUT2D eigenvalue weighted by molar-refractivity contribution is 0.0343. The third-order valence-electron chi connectivity index (χ3n) is 3.65. The Hall–Kier alpha value is -0.340. The molecular weight excluding hydrogens is 186 g/mol. The van der Waals surface area contributed by atoms with E-state index in [9.17, 15) is 0 Å². The van der Waals surface area contributed by atoms with Gasteiger partial charge in [0, 0.05) is 12.5 Å². The molecule has 1 fully saturated rings. The van der Waals surface area contributed by atoms with Gasteiger partial charge in [-0.3, -0.25) is 0 Å². The van der Waals surface area contributed by atoms with Crippen LogP contribution in [0.4, 0.5) is 0 Å². The normalized spacial score (nSPS) is 32.7. The average Bonchev–Trinajstić information content (AvgIpc) is 2.85. The second-order valence-corrected chi connectivity index (χ2v) is 4.89. The summed E-state index contributed by atoms with van der Waals surface area (Å²) in [5.41, 5.74) is 5.45. The fraction of sp³-hybridized carbons (Fsp3) is 0.846. The molecule has 0 spiro atoms. The molecule has 0 amide bonds. The Morgan fingerprint density at radius 1 is 1.07 bits per heavy atom. The number of fused-ring (bicyclic) bond motifs is 2. The lowest BCUT2D eigenvalue weighted by Crippen LogP contribution is -2.18. The Morgan fingerprint density at radius 3 is 2.60 bits per heavy atom. The monoisotopic (exact) mass is 209 g/mol. The standard InChI is InChI=1S/C13H23NO/c14-7-3-1-2-4-8-15-13-10-11-5-6-12(13)9-11/h5-6,11-13H,1-4,7-10,14H2. The summed E-state index contributed by atoms with van der Waals surface area (Å²) in [6.07, 6.45) is 12.8. The van der Waals surface area contributed by atoms with Crippen LogP contribution in [0.25, 0.3) is 0 Å². The van der Waals surface area contributed by atoms with Gasteiger partial charge in [0.25, 0.3) is 0 Å². The highest BCUT2D eigenvalue weighted by Crippen LogP contribution is 2.40. The maximum absolute atomic E-state index is 5.93. The summed E-state index contributed by atoms with van der Waals surface area (Å²) in [5, 5.41) is 0. The average molecular weight is 209 g/mol. The molecular formula is C13H23NO. The first-order valence-corrected chi connectivity index (χ1v) is 6.40. The Labute approximate surface area is 92.9 Å². The van der Waals surface area contributed by atoms with Gasteiger partial charge in [0.2, 0.25) is 0 Å². The first kappa shape index (κ1) is 11.2. The number of nitrogens with two attached hydrogens (primary N) is 1. The summed E-state index contributed by atoms with van der Waals surface area (Å²) in [6.45, 7) is 1.78. The predicted molar refractivity (Wildman–Crippen MR) is 62.6 cm³/mol. The number of rotatable bonds is 7. The van der Waals surface area contributed by atoms with E-state index >= 15 is 0 Å². The van der Waals surface area contributed by atoms with Gasteiger partial charge in [0.1, 0.15) is 0 Å². The summed E-state index contributed by atoms with van der Waals surface area (Å²) in [7, 11) is 0. The quantitative estimate of drug-likeness (QED) is 0.516. The zero-order valence-electron chi connectivity index (χ0n) is 9.53. The van der Waals surface area contributed by atoms with Crippen molar-refractivity contribution in [1.82, 2.24) is 0 Å². The first-order chi connectivity index (χ1) is 7.40. The van der Waals surface area contributed by atoms with Crippen molar-refractivity contribution >= 4 is 0 Å². The molecule has 2 N–H and O–H groups in total. The van der Waals surface area contributed by atoms with Crippen molar-refractivity contribution in [3.05, 3.63) is 12.2 Å². The van der Waals surface area contributed by atoms with Crippen LogP contribution in [0.3, 0.4) is 0 Å². The number of allylic oxidation sites excluding steroid dienone is 1. The molecule has 2 aliphatic carbocycles. The maximum atomic E-state index is 5.93. The largest absolute Gasteiger partial charge is 0.378 e. The highest BCUT2D eigenvalue weighted by atomic mass is 16.5. The second-order valence-electron chi connectivity index (χ2n) is 4.89. The smallest absolute Gasteiger partial charge is 0.0643 e.